The fourth-order valence-corrected chi connectivity index (χ4v) is 5.66. The number of benzene rings is 1. The maximum absolute atomic E-state index is 12.2. The SMILES string of the molecule is CCc1nc(C(N)=O)c(Nc2ccc(N3CCC(N4CCN(C)CC4)CC3)cc2)nc1N1CCNCC1. The molecule has 10 nitrogen and oxygen atoms in total. The maximum Gasteiger partial charge on any atom is 0.271 e. The molecule has 0 saturated carbocycles. The Morgan fingerprint density at radius 1 is 0.973 bits per heavy atom. The molecule has 5 rings (SSSR count). The predicted molar refractivity (Wildman–Crippen MR) is 149 cm³/mol. The van der Waals surface area contributed by atoms with Crippen LogP contribution in [-0.2, 0) is 6.42 Å². The van der Waals surface area contributed by atoms with E-state index in [9.17, 15) is 4.79 Å². The Balaban J connectivity index is 1.26. The summed E-state index contributed by atoms with van der Waals surface area (Å²) in [6.07, 6.45) is 3.10. The zero-order valence-electron chi connectivity index (χ0n) is 22.2. The fourth-order valence-electron chi connectivity index (χ4n) is 5.66. The molecule has 4 N–H and O–H groups in total. The molecule has 0 radical (unpaired) electrons. The number of carbonyl (C=O) groups excluding carboxylic acids is 1. The third-order valence-corrected chi connectivity index (χ3v) is 7.95. The van der Waals surface area contributed by atoms with Crippen molar-refractivity contribution in [1.82, 2.24) is 25.1 Å². The number of likely N-dealkylation sites (N-methyl/N-ethyl adjacent to an activating group) is 1. The minimum atomic E-state index is -0.573. The highest BCUT2D eigenvalue weighted by Crippen LogP contribution is 2.28. The molecule has 0 atom stereocenters. The average molecular weight is 508 g/mol. The zero-order chi connectivity index (χ0) is 25.8. The Morgan fingerprint density at radius 3 is 2.27 bits per heavy atom. The third kappa shape index (κ3) is 5.97. The molecule has 3 saturated heterocycles. The van der Waals surface area contributed by atoms with Crippen molar-refractivity contribution >= 4 is 28.9 Å². The van der Waals surface area contributed by atoms with Crippen LogP contribution in [0.2, 0.25) is 0 Å². The number of nitrogens with two attached hydrogens (primary N) is 1. The predicted octanol–water partition coefficient (Wildman–Crippen LogP) is 1.51. The summed E-state index contributed by atoms with van der Waals surface area (Å²) in [5, 5.41) is 6.69. The molecule has 2 aromatic rings. The van der Waals surface area contributed by atoms with Crippen molar-refractivity contribution in [3.63, 3.8) is 0 Å². The highest BCUT2D eigenvalue weighted by Gasteiger charge is 2.27. The van der Waals surface area contributed by atoms with Gasteiger partial charge in [-0.1, -0.05) is 6.92 Å². The van der Waals surface area contributed by atoms with Gasteiger partial charge in [0, 0.05) is 82.9 Å². The van der Waals surface area contributed by atoms with Gasteiger partial charge in [0.25, 0.3) is 5.91 Å². The van der Waals surface area contributed by atoms with Gasteiger partial charge in [0.1, 0.15) is 0 Å². The Morgan fingerprint density at radius 2 is 1.65 bits per heavy atom. The molecule has 37 heavy (non-hydrogen) atoms. The molecule has 3 fully saturated rings. The monoisotopic (exact) mass is 507 g/mol. The van der Waals surface area contributed by atoms with Crippen LogP contribution in [0.3, 0.4) is 0 Å². The maximum atomic E-state index is 12.2. The van der Waals surface area contributed by atoms with Crippen molar-refractivity contribution in [2.75, 3.05) is 87.6 Å². The van der Waals surface area contributed by atoms with Gasteiger partial charge in [-0.3, -0.25) is 9.69 Å². The van der Waals surface area contributed by atoms with Crippen molar-refractivity contribution in [3.05, 3.63) is 35.7 Å². The van der Waals surface area contributed by atoms with Crippen LogP contribution in [-0.4, -0.2) is 104 Å². The number of primary amides is 1. The summed E-state index contributed by atoms with van der Waals surface area (Å²) in [7, 11) is 2.21. The number of aryl methyl sites for hydroxylation is 1. The molecule has 1 aromatic carbocycles. The van der Waals surface area contributed by atoms with Gasteiger partial charge in [-0.15, -0.1) is 0 Å². The summed E-state index contributed by atoms with van der Waals surface area (Å²) in [5.41, 5.74) is 8.78. The second-order valence-corrected chi connectivity index (χ2v) is 10.4. The van der Waals surface area contributed by atoms with Crippen LogP contribution in [0.5, 0.6) is 0 Å². The number of carbonyl (C=O) groups is 1. The Kier molecular flexibility index (Phi) is 8.07. The summed E-state index contributed by atoms with van der Waals surface area (Å²) in [5.74, 6) is 0.673. The lowest BCUT2D eigenvalue weighted by molar-refractivity contribution is 0.0982. The minimum absolute atomic E-state index is 0.186. The van der Waals surface area contributed by atoms with Crippen molar-refractivity contribution in [1.29, 1.82) is 0 Å². The van der Waals surface area contributed by atoms with Crippen molar-refractivity contribution in [2.24, 2.45) is 5.73 Å². The summed E-state index contributed by atoms with van der Waals surface area (Å²) in [4.78, 5) is 31.5. The van der Waals surface area contributed by atoms with Gasteiger partial charge in [0.15, 0.2) is 17.3 Å². The Labute approximate surface area is 220 Å². The number of hydrogen-bond acceptors (Lipinski definition) is 9. The van der Waals surface area contributed by atoms with E-state index >= 15 is 0 Å². The Bertz CT molecular complexity index is 1050. The van der Waals surface area contributed by atoms with Gasteiger partial charge >= 0.3 is 0 Å². The van der Waals surface area contributed by atoms with Crippen LogP contribution in [0.4, 0.5) is 23.0 Å². The minimum Gasteiger partial charge on any atom is -0.371 e. The highest BCUT2D eigenvalue weighted by atomic mass is 16.1. The van der Waals surface area contributed by atoms with Crippen LogP contribution in [0.25, 0.3) is 0 Å². The van der Waals surface area contributed by atoms with E-state index < -0.39 is 5.91 Å². The highest BCUT2D eigenvalue weighted by molar-refractivity contribution is 5.96. The number of piperazine rings is 2. The van der Waals surface area contributed by atoms with Gasteiger partial charge in [0.2, 0.25) is 0 Å². The Hall–Kier alpha value is -2.95. The molecule has 0 unspecified atom stereocenters. The van der Waals surface area contributed by atoms with Gasteiger partial charge in [0.05, 0.1) is 5.69 Å². The van der Waals surface area contributed by atoms with E-state index in [0.29, 0.717) is 18.3 Å². The van der Waals surface area contributed by atoms with E-state index in [1.165, 1.54) is 44.7 Å². The van der Waals surface area contributed by atoms with E-state index in [4.69, 9.17) is 10.7 Å². The molecule has 1 amide bonds. The smallest absolute Gasteiger partial charge is 0.271 e. The van der Waals surface area contributed by atoms with E-state index in [0.717, 1.165) is 56.5 Å². The van der Waals surface area contributed by atoms with Crippen LogP contribution < -0.4 is 26.2 Å². The molecule has 10 heteroatoms. The van der Waals surface area contributed by atoms with Crippen LogP contribution in [0, 0.1) is 0 Å². The number of aromatic nitrogens is 2. The van der Waals surface area contributed by atoms with E-state index in [2.05, 4.69) is 54.4 Å². The molecular weight excluding hydrogens is 466 g/mol. The van der Waals surface area contributed by atoms with Gasteiger partial charge in [-0.05, 0) is 50.6 Å². The molecule has 200 valence electrons. The van der Waals surface area contributed by atoms with Gasteiger partial charge < -0.3 is 31.1 Å². The van der Waals surface area contributed by atoms with E-state index in [-0.39, 0.29) is 5.69 Å². The first kappa shape index (κ1) is 25.7. The number of anilines is 4. The number of nitrogens with zero attached hydrogens (tertiary/aromatic N) is 6. The lowest BCUT2D eigenvalue weighted by Gasteiger charge is -2.42. The molecule has 0 bridgehead atoms. The average Bonchev–Trinajstić information content (AvgIpc) is 2.94. The number of rotatable bonds is 7. The van der Waals surface area contributed by atoms with E-state index in [1.54, 1.807) is 0 Å². The van der Waals surface area contributed by atoms with Crippen LogP contribution >= 0.6 is 0 Å². The summed E-state index contributed by atoms with van der Waals surface area (Å²) >= 11 is 0. The third-order valence-electron chi connectivity index (χ3n) is 7.95. The first-order valence-electron chi connectivity index (χ1n) is 13.7. The molecule has 1 aromatic heterocycles. The number of nitrogens with one attached hydrogen (secondary N) is 2. The lowest BCUT2D eigenvalue weighted by atomic mass is 10.0. The van der Waals surface area contributed by atoms with Crippen molar-refractivity contribution < 1.29 is 4.79 Å². The second kappa shape index (κ2) is 11.6. The lowest BCUT2D eigenvalue weighted by Crippen LogP contribution is -2.52. The summed E-state index contributed by atoms with van der Waals surface area (Å²) < 4.78 is 0. The molecule has 0 aliphatic carbocycles. The number of hydrogen-bond donors (Lipinski definition) is 3. The molecule has 3 aliphatic rings. The van der Waals surface area contributed by atoms with Crippen molar-refractivity contribution in [3.8, 4) is 0 Å². The molecular formula is C27H41N9O. The fraction of sp³-hybridized carbons (Fsp3) is 0.593. The molecule has 0 spiro atoms. The normalized spacial score (nSPS) is 20.3. The van der Waals surface area contributed by atoms with Crippen LogP contribution in [0.1, 0.15) is 35.9 Å². The first-order chi connectivity index (χ1) is 18.0. The second-order valence-electron chi connectivity index (χ2n) is 10.4. The van der Waals surface area contributed by atoms with Crippen molar-refractivity contribution in [2.45, 2.75) is 32.2 Å². The zero-order valence-corrected chi connectivity index (χ0v) is 22.2. The van der Waals surface area contributed by atoms with Gasteiger partial charge in [-0.2, -0.15) is 0 Å². The van der Waals surface area contributed by atoms with Crippen LogP contribution in [0.15, 0.2) is 24.3 Å². The quantitative estimate of drug-likeness (QED) is 0.514. The standard InChI is InChI=1S/C27H41N9O/c1-3-23-27(36-14-10-29-11-15-36)32-26(24(31-23)25(28)37)30-20-4-6-21(7-5-20)34-12-8-22(9-13-34)35-18-16-33(2)17-19-35/h4-7,22,29H,3,8-19H2,1-2H3,(H2,28,37)(H,30,32). The number of amides is 1. The molecule has 4 heterocycles. The largest absolute Gasteiger partial charge is 0.371 e. The summed E-state index contributed by atoms with van der Waals surface area (Å²) in [6.45, 7) is 12.4. The topological polar surface area (TPSA) is 106 Å². The molecule has 3 aliphatic heterocycles. The first-order valence-corrected chi connectivity index (χ1v) is 13.7. The van der Waals surface area contributed by atoms with E-state index in [1.807, 2.05) is 19.1 Å². The van der Waals surface area contributed by atoms with Gasteiger partial charge in [-0.25, -0.2) is 9.97 Å². The number of piperidine rings is 1. The summed E-state index contributed by atoms with van der Waals surface area (Å²) in [6, 6.07) is 9.09.